The highest BCUT2D eigenvalue weighted by Gasteiger charge is 2.32. The van der Waals surface area contributed by atoms with Crippen LogP contribution in [-0.4, -0.2) is 48.8 Å². The highest BCUT2D eigenvalue weighted by molar-refractivity contribution is 5.75. The Kier molecular flexibility index (Phi) is 4.64. The number of nitrogens with one attached hydrogen (secondary N) is 1. The van der Waals surface area contributed by atoms with Crippen molar-refractivity contribution in [2.75, 3.05) is 32.8 Å². The van der Waals surface area contributed by atoms with Crippen molar-refractivity contribution >= 4 is 5.57 Å². The Bertz CT molecular complexity index is 699. The van der Waals surface area contributed by atoms with E-state index in [0.29, 0.717) is 5.92 Å². The number of rotatable bonds is 4. The van der Waals surface area contributed by atoms with Crippen LogP contribution in [0.3, 0.4) is 0 Å². The Morgan fingerprint density at radius 3 is 2.64 bits per heavy atom. The zero-order valence-corrected chi connectivity index (χ0v) is 15.1. The van der Waals surface area contributed by atoms with E-state index in [2.05, 4.69) is 77.6 Å². The molecule has 1 aromatic carbocycles. The van der Waals surface area contributed by atoms with Gasteiger partial charge in [-0.1, -0.05) is 50.3 Å². The Labute approximate surface area is 150 Å². The van der Waals surface area contributed by atoms with Gasteiger partial charge >= 0.3 is 0 Å². The minimum absolute atomic E-state index is 0.237. The number of fused-ring (bicyclic) bond motifs is 1. The minimum Gasteiger partial charge on any atom is -0.379 e. The molecular formula is C21H27N3O. The number of nitrogens with zero attached hydrogens (tertiary/aromatic N) is 2. The second-order valence-corrected chi connectivity index (χ2v) is 7.21. The molecule has 4 heteroatoms. The molecule has 1 N–H and O–H groups in total. The third-order valence-corrected chi connectivity index (χ3v) is 5.12. The van der Waals surface area contributed by atoms with E-state index in [9.17, 15) is 0 Å². The molecule has 3 heterocycles. The van der Waals surface area contributed by atoms with Crippen LogP contribution in [0.25, 0.3) is 5.57 Å². The van der Waals surface area contributed by atoms with Crippen molar-refractivity contribution in [2.24, 2.45) is 5.92 Å². The topological polar surface area (TPSA) is 27.7 Å². The lowest BCUT2D eigenvalue weighted by Gasteiger charge is -2.32. The van der Waals surface area contributed by atoms with Crippen LogP contribution in [0, 0.1) is 5.92 Å². The quantitative estimate of drug-likeness (QED) is 0.914. The van der Waals surface area contributed by atoms with Crippen molar-refractivity contribution in [3.8, 4) is 0 Å². The van der Waals surface area contributed by atoms with Gasteiger partial charge in [0.05, 0.1) is 18.9 Å². The predicted molar refractivity (Wildman–Crippen MR) is 101 cm³/mol. The number of allylic oxidation sites excluding steroid dienone is 3. The number of hydrogen-bond donors (Lipinski definition) is 1. The lowest BCUT2D eigenvalue weighted by atomic mass is 10.0. The molecule has 0 spiro atoms. The molecule has 0 bridgehead atoms. The molecule has 3 aliphatic rings. The van der Waals surface area contributed by atoms with E-state index >= 15 is 0 Å². The van der Waals surface area contributed by atoms with Crippen molar-refractivity contribution in [3.63, 3.8) is 0 Å². The molecule has 0 aromatic heterocycles. The summed E-state index contributed by atoms with van der Waals surface area (Å²) in [6.07, 6.45) is 7.05. The van der Waals surface area contributed by atoms with Gasteiger partial charge in [0.15, 0.2) is 0 Å². The molecule has 25 heavy (non-hydrogen) atoms. The predicted octanol–water partition coefficient (Wildman–Crippen LogP) is 3.03. The summed E-state index contributed by atoms with van der Waals surface area (Å²) in [5.74, 6) is 0.489. The number of ether oxygens (including phenoxy) is 1. The molecule has 1 saturated heterocycles. The molecule has 1 atom stereocenters. The fourth-order valence-electron chi connectivity index (χ4n) is 3.75. The summed E-state index contributed by atoms with van der Waals surface area (Å²) in [6.45, 7) is 9.22. The smallest absolute Gasteiger partial charge is 0.122 e. The Hall–Kier alpha value is -2.04. The maximum absolute atomic E-state index is 5.51. The second kappa shape index (κ2) is 7.06. The van der Waals surface area contributed by atoms with Gasteiger partial charge in [-0.05, 0) is 23.1 Å². The Balaban J connectivity index is 1.63. The van der Waals surface area contributed by atoms with E-state index in [1.807, 2.05) is 0 Å². The first-order valence-electron chi connectivity index (χ1n) is 9.26. The van der Waals surface area contributed by atoms with Crippen molar-refractivity contribution in [1.82, 2.24) is 15.1 Å². The lowest BCUT2D eigenvalue weighted by molar-refractivity contribution is 0.0399. The first-order chi connectivity index (χ1) is 12.2. The lowest BCUT2D eigenvalue weighted by Crippen LogP contribution is -2.40. The van der Waals surface area contributed by atoms with Crippen LogP contribution >= 0.6 is 0 Å². The monoisotopic (exact) mass is 337 g/mol. The number of hydrogen-bond acceptors (Lipinski definition) is 4. The SMILES string of the molecule is CC(C)C1=C(CN2CCOCC2)N2C=C(c3ccccc3)C=CC2N1. The fourth-order valence-corrected chi connectivity index (χ4v) is 3.75. The van der Waals surface area contributed by atoms with Crippen LogP contribution in [0.5, 0.6) is 0 Å². The van der Waals surface area contributed by atoms with Crippen LogP contribution in [0.1, 0.15) is 19.4 Å². The molecule has 1 fully saturated rings. The molecular weight excluding hydrogens is 310 g/mol. The summed E-state index contributed by atoms with van der Waals surface area (Å²) < 4.78 is 5.51. The molecule has 4 nitrogen and oxygen atoms in total. The summed E-state index contributed by atoms with van der Waals surface area (Å²) >= 11 is 0. The van der Waals surface area contributed by atoms with Crippen LogP contribution in [0.4, 0.5) is 0 Å². The van der Waals surface area contributed by atoms with E-state index in [0.717, 1.165) is 32.8 Å². The molecule has 0 amide bonds. The normalized spacial score (nSPS) is 23.7. The van der Waals surface area contributed by atoms with Crippen LogP contribution in [-0.2, 0) is 4.74 Å². The van der Waals surface area contributed by atoms with Gasteiger partial charge in [0.1, 0.15) is 6.17 Å². The van der Waals surface area contributed by atoms with Gasteiger partial charge in [-0.3, -0.25) is 4.90 Å². The Morgan fingerprint density at radius 2 is 1.92 bits per heavy atom. The van der Waals surface area contributed by atoms with Crippen molar-refractivity contribution in [3.05, 3.63) is 65.6 Å². The van der Waals surface area contributed by atoms with Gasteiger partial charge in [-0.25, -0.2) is 0 Å². The van der Waals surface area contributed by atoms with E-state index in [-0.39, 0.29) is 6.17 Å². The zero-order valence-electron chi connectivity index (χ0n) is 15.1. The summed E-state index contributed by atoms with van der Waals surface area (Å²) in [5.41, 5.74) is 5.30. The molecule has 1 aromatic rings. The van der Waals surface area contributed by atoms with E-state index in [1.54, 1.807) is 0 Å². The average molecular weight is 337 g/mol. The van der Waals surface area contributed by atoms with Gasteiger partial charge in [-0.2, -0.15) is 0 Å². The molecule has 4 rings (SSSR count). The van der Waals surface area contributed by atoms with E-state index < -0.39 is 0 Å². The fraction of sp³-hybridized carbons (Fsp3) is 0.429. The first-order valence-corrected chi connectivity index (χ1v) is 9.26. The highest BCUT2D eigenvalue weighted by atomic mass is 16.5. The van der Waals surface area contributed by atoms with Crippen LogP contribution in [0.2, 0.25) is 0 Å². The van der Waals surface area contributed by atoms with Gasteiger partial charge in [0.2, 0.25) is 0 Å². The second-order valence-electron chi connectivity index (χ2n) is 7.21. The third-order valence-electron chi connectivity index (χ3n) is 5.12. The summed E-state index contributed by atoms with van der Waals surface area (Å²) in [5, 5.41) is 3.72. The molecule has 3 aliphatic heterocycles. The van der Waals surface area contributed by atoms with Crippen LogP contribution < -0.4 is 5.32 Å². The van der Waals surface area contributed by atoms with Gasteiger partial charge in [0.25, 0.3) is 0 Å². The molecule has 0 radical (unpaired) electrons. The summed E-state index contributed by atoms with van der Waals surface area (Å²) in [6, 6.07) is 10.6. The number of benzene rings is 1. The Morgan fingerprint density at radius 1 is 1.16 bits per heavy atom. The molecule has 0 aliphatic carbocycles. The summed E-state index contributed by atoms with van der Waals surface area (Å²) in [7, 11) is 0. The molecule has 0 saturated carbocycles. The molecule has 132 valence electrons. The standard InChI is InChI=1S/C21H27N3O/c1-16(2)21-19(15-23-10-12-25-13-11-23)24-14-18(8-9-20(24)22-21)17-6-4-3-5-7-17/h3-9,14,16,20,22H,10-13,15H2,1-2H3. The highest BCUT2D eigenvalue weighted by Crippen LogP contribution is 2.32. The van der Waals surface area contributed by atoms with Gasteiger partial charge < -0.3 is 15.0 Å². The maximum atomic E-state index is 5.51. The average Bonchev–Trinajstić information content (AvgIpc) is 3.01. The first kappa shape index (κ1) is 16.4. The largest absolute Gasteiger partial charge is 0.379 e. The maximum Gasteiger partial charge on any atom is 0.122 e. The van der Waals surface area contributed by atoms with Crippen molar-refractivity contribution < 1.29 is 4.74 Å². The van der Waals surface area contributed by atoms with Crippen molar-refractivity contribution in [2.45, 2.75) is 20.0 Å². The van der Waals surface area contributed by atoms with Crippen LogP contribution in [0.15, 0.2) is 60.1 Å². The minimum atomic E-state index is 0.237. The molecule has 1 unspecified atom stereocenters. The van der Waals surface area contributed by atoms with Gasteiger partial charge in [0, 0.05) is 31.5 Å². The van der Waals surface area contributed by atoms with E-state index in [4.69, 9.17) is 4.74 Å². The number of morpholine rings is 1. The third kappa shape index (κ3) is 3.37. The van der Waals surface area contributed by atoms with E-state index in [1.165, 1.54) is 22.5 Å². The summed E-state index contributed by atoms with van der Waals surface area (Å²) in [4.78, 5) is 4.92. The van der Waals surface area contributed by atoms with Gasteiger partial charge in [-0.15, -0.1) is 0 Å². The van der Waals surface area contributed by atoms with Crippen molar-refractivity contribution in [1.29, 1.82) is 0 Å². The zero-order chi connectivity index (χ0) is 17.2.